The number of nitrogens with one attached hydrogen (secondary N) is 1. The van der Waals surface area contributed by atoms with Gasteiger partial charge in [-0.3, -0.25) is 9.59 Å². The van der Waals surface area contributed by atoms with Gasteiger partial charge in [0.1, 0.15) is 0 Å². The van der Waals surface area contributed by atoms with Gasteiger partial charge in [-0.05, 0) is 19.8 Å². The summed E-state index contributed by atoms with van der Waals surface area (Å²) < 4.78 is 0. The zero-order valence-electron chi connectivity index (χ0n) is 11.4. The molecule has 2 unspecified atom stereocenters. The summed E-state index contributed by atoms with van der Waals surface area (Å²) in [6.45, 7) is 3.74. The SMILES string of the molecule is CC1(C(=O)O)CCCN(C(=O)CC2CSCCN2)C1. The summed E-state index contributed by atoms with van der Waals surface area (Å²) in [5.74, 6) is 1.37. The second kappa shape index (κ2) is 6.13. The van der Waals surface area contributed by atoms with Gasteiger partial charge in [-0.15, -0.1) is 0 Å². The molecule has 2 heterocycles. The minimum absolute atomic E-state index is 0.0900. The summed E-state index contributed by atoms with van der Waals surface area (Å²) in [5.41, 5.74) is -0.775. The van der Waals surface area contributed by atoms with Gasteiger partial charge in [0.25, 0.3) is 0 Å². The van der Waals surface area contributed by atoms with Crippen LogP contribution in [0.25, 0.3) is 0 Å². The zero-order chi connectivity index (χ0) is 13.9. The summed E-state index contributed by atoms with van der Waals surface area (Å²) in [7, 11) is 0. The van der Waals surface area contributed by atoms with E-state index in [4.69, 9.17) is 0 Å². The maximum Gasteiger partial charge on any atom is 0.311 e. The molecular formula is C13H22N2O3S. The molecule has 2 aliphatic rings. The number of rotatable bonds is 3. The number of hydrogen-bond acceptors (Lipinski definition) is 4. The molecule has 5 nitrogen and oxygen atoms in total. The van der Waals surface area contributed by atoms with Crippen molar-refractivity contribution in [3.8, 4) is 0 Å². The van der Waals surface area contributed by atoms with E-state index in [1.807, 2.05) is 11.8 Å². The molecule has 0 saturated carbocycles. The lowest BCUT2D eigenvalue weighted by Gasteiger charge is -2.38. The molecule has 0 radical (unpaired) electrons. The van der Waals surface area contributed by atoms with E-state index in [1.54, 1.807) is 11.8 Å². The minimum Gasteiger partial charge on any atom is -0.481 e. The Morgan fingerprint density at radius 3 is 2.95 bits per heavy atom. The van der Waals surface area contributed by atoms with Gasteiger partial charge in [0.05, 0.1) is 5.41 Å². The molecule has 2 N–H and O–H groups in total. The van der Waals surface area contributed by atoms with Crippen molar-refractivity contribution in [3.63, 3.8) is 0 Å². The van der Waals surface area contributed by atoms with Crippen LogP contribution in [-0.4, -0.2) is 59.1 Å². The van der Waals surface area contributed by atoms with Crippen LogP contribution in [0.4, 0.5) is 0 Å². The summed E-state index contributed by atoms with van der Waals surface area (Å²) in [4.78, 5) is 25.3. The molecule has 2 rings (SSSR count). The van der Waals surface area contributed by atoms with E-state index in [0.29, 0.717) is 25.9 Å². The summed E-state index contributed by atoms with van der Waals surface area (Å²) in [6, 6.07) is 0.240. The van der Waals surface area contributed by atoms with Gasteiger partial charge in [-0.25, -0.2) is 0 Å². The highest BCUT2D eigenvalue weighted by Crippen LogP contribution is 2.30. The number of thioether (sulfide) groups is 1. The Kier molecular flexibility index (Phi) is 4.73. The number of piperidine rings is 1. The molecule has 108 valence electrons. The molecular weight excluding hydrogens is 264 g/mol. The number of carbonyl (C=O) groups excluding carboxylic acids is 1. The first kappa shape index (κ1) is 14.7. The summed E-state index contributed by atoms with van der Waals surface area (Å²) >= 11 is 1.87. The maximum absolute atomic E-state index is 12.3. The van der Waals surface area contributed by atoms with Crippen LogP contribution in [0.2, 0.25) is 0 Å². The number of amides is 1. The highest BCUT2D eigenvalue weighted by molar-refractivity contribution is 7.99. The van der Waals surface area contributed by atoms with Crippen molar-refractivity contribution in [2.24, 2.45) is 5.41 Å². The topological polar surface area (TPSA) is 69.6 Å². The molecule has 2 atom stereocenters. The molecule has 0 aromatic heterocycles. The number of carboxylic acids is 1. The first-order valence-electron chi connectivity index (χ1n) is 6.83. The van der Waals surface area contributed by atoms with Crippen molar-refractivity contribution < 1.29 is 14.7 Å². The summed E-state index contributed by atoms with van der Waals surface area (Å²) in [6.07, 6.45) is 1.92. The highest BCUT2D eigenvalue weighted by atomic mass is 32.2. The Balaban J connectivity index is 1.89. The van der Waals surface area contributed by atoms with E-state index in [1.165, 1.54) is 0 Å². The lowest BCUT2D eigenvalue weighted by atomic mass is 9.82. The van der Waals surface area contributed by atoms with Crippen LogP contribution in [0.1, 0.15) is 26.2 Å². The third kappa shape index (κ3) is 3.63. The average molecular weight is 286 g/mol. The van der Waals surface area contributed by atoms with Crippen LogP contribution in [0.5, 0.6) is 0 Å². The third-order valence-corrected chi connectivity index (χ3v) is 5.12. The molecule has 6 heteroatoms. The fourth-order valence-electron chi connectivity index (χ4n) is 2.72. The zero-order valence-corrected chi connectivity index (χ0v) is 12.2. The lowest BCUT2D eigenvalue weighted by Crippen LogP contribution is -2.50. The Hall–Kier alpha value is -0.750. The third-order valence-electron chi connectivity index (χ3n) is 3.98. The van der Waals surface area contributed by atoms with Gasteiger partial charge in [0.15, 0.2) is 0 Å². The van der Waals surface area contributed by atoms with Gasteiger partial charge < -0.3 is 15.3 Å². The van der Waals surface area contributed by atoms with E-state index < -0.39 is 11.4 Å². The molecule has 19 heavy (non-hydrogen) atoms. The molecule has 0 aromatic rings. The first-order valence-corrected chi connectivity index (χ1v) is 7.99. The van der Waals surface area contributed by atoms with Gasteiger partial charge in [-0.1, -0.05) is 0 Å². The number of hydrogen-bond donors (Lipinski definition) is 2. The quantitative estimate of drug-likeness (QED) is 0.803. The Bertz CT molecular complexity index is 358. The van der Waals surface area contributed by atoms with E-state index in [-0.39, 0.29) is 11.9 Å². The van der Waals surface area contributed by atoms with Gasteiger partial charge in [0, 0.05) is 43.6 Å². The van der Waals surface area contributed by atoms with Crippen LogP contribution in [-0.2, 0) is 9.59 Å². The fraction of sp³-hybridized carbons (Fsp3) is 0.846. The molecule has 0 aliphatic carbocycles. The van der Waals surface area contributed by atoms with E-state index in [0.717, 1.165) is 24.5 Å². The molecule has 0 spiro atoms. The maximum atomic E-state index is 12.3. The van der Waals surface area contributed by atoms with Gasteiger partial charge in [0.2, 0.25) is 5.91 Å². The van der Waals surface area contributed by atoms with Crippen molar-refractivity contribution in [2.75, 3.05) is 31.1 Å². The van der Waals surface area contributed by atoms with Gasteiger partial charge in [-0.2, -0.15) is 11.8 Å². The number of nitrogens with zero attached hydrogens (tertiary/aromatic N) is 1. The molecule has 0 aromatic carbocycles. The molecule has 0 bridgehead atoms. The largest absolute Gasteiger partial charge is 0.481 e. The smallest absolute Gasteiger partial charge is 0.311 e. The first-order chi connectivity index (χ1) is 9.01. The van der Waals surface area contributed by atoms with Crippen molar-refractivity contribution in [1.82, 2.24) is 10.2 Å². The standard InChI is InChI=1S/C13H22N2O3S/c1-13(12(17)18)3-2-5-15(9-13)11(16)7-10-8-19-6-4-14-10/h10,14H,2-9H2,1H3,(H,17,18). The predicted octanol–water partition coefficient (Wildman–Crippen LogP) is 0.795. The molecule has 2 saturated heterocycles. The second-order valence-electron chi connectivity index (χ2n) is 5.71. The van der Waals surface area contributed by atoms with Crippen LogP contribution in [0.3, 0.4) is 0 Å². The van der Waals surface area contributed by atoms with E-state index in [9.17, 15) is 14.7 Å². The van der Waals surface area contributed by atoms with E-state index in [2.05, 4.69) is 5.32 Å². The highest BCUT2D eigenvalue weighted by Gasteiger charge is 2.39. The van der Waals surface area contributed by atoms with Crippen LogP contribution >= 0.6 is 11.8 Å². The normalized spacial score (nSPS) is 32.1. The van der Waals surface area contributed by atoms with Crippen molar-refractivity contribution in [2.45, 2.75) is 32.2 Å². The Labute approximate surface area is 118 Å². The van der Waals surface area contributed by atoms with Crippen molar-refractivity contribution >= 4 is 23.6 Å². The van der Waals surface area contributed by atoms with Crippen LogP contribution in [0.15, 0.2) is 0 Å². The van der Waals surface area contributed by atoms with Crippen LogP contribution in [0, 0.1) is 5.41 Å². The fourth-order valence-corrected chi connectivity index (χ4v) is 3.67. The number of aliphatic carboxylic acids is 1. The Morgan fingerprint density at radius 1 is 1.53 bits per heavy atom. The van der Waals surface area contributed by atoms with E-state index >= 15 is 0 Å². The van der Waals surface area contributed by atoms with Crippen LogP contribution < -0.4 is 5.32 Å². The molecule has 1 amide bonds. The number of likely N-dealkylation sites (tertiary alicyclic amines) is 1. The monoisotopic (exact) mass is 286 g/mol. The van der Waals surface area contributed by atoms with Crippen molar-refractivity contribution in [1.29, 1.82) is 0 Å². The average Bonchev–Trinajstić information content (AvgIpc) is 2.40. The summed E-state index contributed by atoms with van der Waals surface area (Å²) in [5, 5.41) is 12.6. The Morgan fingerprint density at radius 2 is 2.32 bits per heavy atom. The molecule has 2 fully saturated rings. The lowest BCUT2D eigenvalue weighted by molar-refractivity contribution is -0.153. The predicted molar refractivity (Wildman–Crippen MR) is 75.3 cm³/mol. The number of carboxylic acid groups (broad SMARTS) is 1. The second-order valence-corrected chi connectivity index (χ2v) is 6.86. The van der Waals surface area contributed by atoms with Crippen molar-refractivity contribution in [3.05, 3.63) is 0 Å². The number of carbonyl (C=O) groups is 2. The molecule has 2 aliphatic heterocycles. The minimum atomic E-state index is -0.795. The van der Waals surface area contributed by atoms with Gasteiger partial charge >= 0.3 is 5.97 Å².